The minimum Gasteiger partial charge on any atom is -0.497 e. The van der Waals surface area contributed by atoms with Gasteiger partial charge in [-0.2, -0.15) is 0 Å². The van der Waals surface area contributed by atoms with Crippen molar-refractivity contribution in [2.45, 2.75) is 26.7 Å². The number of carbonyl (C=O) groups excluding carboxylic acids is 3. The van der Waals surface area contributed by atoms with Crippen LogP contribution in [0.1, 0.15) is 37.8 Å². The molecule has 0 bridgehead atoms. The van der Waals surface area contributed by atoms with Gasteiger partial charge in [0.05, 0.1) is 25.2 Å². The molecule has 0 saturated carbocycles. The molecule has 1 aliphatic rings. The van der Waals surface area contributed by atoms with Gasteiger partial charge in [0, 0.05) is 6.07 Å². The number of anilines is 1. The molecule has 34 heavy (non-hydrogen) atoms. The van der Waals surface area contributed by atoms with Crippen molar-refractivity contribution < 1.29 is 23.9 Å². The highest BCUT2D eigenvalue weighted by molar-refractivity contribution is 8.14. The van der Waals surface area contributed by atoms with Crippen molar-refractivity contribution in [3.05, 3.63) is 65.4 Å². The molecule has 1 aliphatic heterocycles. The Balaban J connectivity index is 1.87. The van der Waals surface area contributed by atoms with E-state index in [0.717, 1.165) is 17.3 Å². The summed E-state index contributed by atoms with van der Waals surface area (Å²) in [7, 11) is 1.54. The number of carbonyl (C=O) groups is 3. The van der Waals surface area contributed by atoms with E-state index in [1.54, 1.807) is 44.4 Å². The summed E-state index contributed by atoms with van der Waals surface area (Å²) < 4.78 is 10.0. The summed E-state index contributed by atoms with van der Waals surface area (Å²) in [5.74, 6) is -0.0150. The van der Waals surface area contributed by atoms with Gasteiger partial charge in [-0.1, -0.05) is 55.9 Å². The summed E-state index contributed by atoms with van der Waals surface area (Å²) in [6, 6.07) is 14.9. The van der Waals surface area contributed by atoms with Crippen molar-refractivity contribution in [2.75, 3.05) is 24.4 Å². The van der Waals surface area contributed by atoms with Crippen molar-refractivity contribution in [3.63, 3.8) is 0 Å². The third kappa shape index (κ3) is 6.26. The number of thioether (sulfide) groups is 1. The van der Waals surface area contributed by atoms with Gasteiger partial charge in [0.25, 0.3) is 5.91 Å². The lowest BCUT2D eigenvalue weighted by atomic mass is 10.0. The minimum absolute atomic E-state index is 0.123. The number of hydrogen-bond donors (Lipinski definition) is 1. The minimum atomic E-state index is -0.812. The van der Waals surface area contributed by atoms with E-state index >= 15 is 0 Å². The Morgan fingerprint density at radius 1 is 1.18 bits per heavy atom. The van der Waals surface area contributed by atoms with Gasteiger partial charge in [-0.25, -0.2) is 9.79 Å². The summed E-state index contributed by atoms with van der Waals surface area (Å²) in [4.78, 5) is 42.9. The van der Waals surface area contributed by atoms with Gasteiger partial charge in [-0.15, -0.1) is 0 Å². The van der Waals surface area contributed by atoms with Crippen molar-refractivity contribution in [2.24, 2.45) is 4.99 Å². The van der Waals surface area contributed by atoms with Crippen molar-refractivity contribution in [3.8, 4) is 5.75 Å². The van der Waals surface area contributed by atoms with Gasteiger partial charge < -0.3 is 9.47 Å². The molecule has 178 valence electrons. The quantitative estimate of drug-likeness (QED) is 0.582. The van der Waals surface area contributed by atoms with E-state index in [2.05, 4.69) is 24.2 Å². The molecular formula is C25H27N3O5S. The molecule has 2 aromatic carbocycles. The maximum Gasteiger partial charge on any atom is 0.413 e. The van der Waals surface area contributed by atoms with E-state index < -0.39 is 12.0 Å². The van der Waals surface area contributed by atoms with Gasteiger partial charge >= 0.3 is 6.09 Å². The number of hydrogen-bond acceptors (Lipinski definition) is 7. The molecule has 0 aliphatic carbocycles. The molecule has 8 nitrogen and oxygen atoms in total. The van der Waals surface area contributed by atoms with Crippen molar-refractivity contribution >= 4 is 46.6 Å². The number of imide groups is 1. The maximum absolute atomic E-state index is 13.3. The van der Waals surface area contributed by atoms with Crippen LogP contribution in [-0.4, -0.2) is 42.5 Å². The van der Waals surface area contributed by atoms with Gasteiger partial charge in [0.1, 0.15) is 11.4 Å². The Kier molecular flexibility index (Phi) is 8.48. The molecule has 3 rings (SSSR count). The highest BCUT2D eigenvalue weighted by Crippen LogP contribution is 2.31. The Morgan fingerprint density at radius 2 is 1.91 bits per heavy atom. The molecule has 2 aromatic rings. The topological polar surface area (TPSA) is 97.3 Å². The maximum atomic E-state index is 13.3. The van der Waals surface area contributed by atoms with E-state index in [4.69, 9.17) is 9.47 Å². The van der Waals surface area contributed by atoms with Crippen molar-refractivity contribution in [1.29, 1.82) is 0 Å². The molecule has 9 heteroatoms. The number of ether oxygens (including phenoxy) is 2. The predicted molar refractivity (Wildman–Crippen MR) is 134 cm³/mol. The highest BCUT2D eigenvalue weighted by atomic mass is 32.2. The lowest BCUT2D eigenvalue weighted by Crippen LogP contribution is -2.34. The summed E-state index contributed by atoms with van der Waals surface area (Å²) in [6.07, 6.45) is 0.902. The Bertz CT molecular complexity index is 1130. The van der Waals surface area contributed by atoms with Gasteiger partial charge in [-0.3, -0.25) is 19.8 Å². The van der Waals surface area contributed by atoms with Gasteiger partial charge in [0.15, 0.2) is 5.17 Å². The van der Waals surface area contributed by atoms with Crippen LogP contribution >= 0.6 is 11.8 Å². The molecule has 0 unspecified atom stereocenters. The number of nitrogens with zero attached hydrogens (tertiary/aromatic N) is 2. The zero-order valence-electron chi connectivity index (χ0n) is 19.5. The number of benzene rings is 2. The number of alkyl carbamates (subject to hydrolysis) is 1. The van der Waals surface area contributed by atoms with Crippen LogP contribution in [-0.2, 0) is 14.3 Å². The van der Waals surface area contributed by atoms with Crippen LogP contribution in [0.5, 0.6) is 5.75 Å². The van der Waals surface area contributed by atoms with Crippen LogP contribution in [0.15, 0.2) is 59.2 Å². The van der Waals surface area contributed by atoms with Gasteiger partial charge in [-0.05, 0) is 42.2 Å². The third-order valence-corrected chi connectivity index (χ3v) is 5.84. The molecular weight excluding hydrogens is 454 g/mol. The monoisotopic (exact) mass is 481 g/mol. The second-order valence-electron chi connectivity index (χ2n) is 7.64. The van der Waals surface area contributed by atoms with E-state index in [9.17, 15) is 14.4 Å². The zero-order valence-corrected chi connectivity index (χ0v) is 20.3. The van der Waals surface area contributed by atoms with Crippen molar-refractivity contribution in [1.82, 2.24) is 5.32 Å². The average Bonchev–Trinajstić information content (AvgIpc) is 3.13. The fourth-order valence-electron chi connectivity index (χ4n) is 3.15. The standard InChI is InChI=1S/C25H27N3O5S/c1-5-33-25(31)27-22(29)15-34-24-26-21(13-17-9-11-18(12-10-17)16(2)3)23(30)28(24)19-7-6-8-20(14-19)32-4/h6-14,16H,5,15H2,1-4H3,(H,27,29,31)/b21-13-. The summed E-state index contributed by atoms with van der Waals surface area (Å²) in [5, 5.41) is 2.46. The SMILES string of the molecule is CCOC(=O)NC(=O)CSC1=N/C(=C\c2ccc(C(C)C)cc2)C(=O)N1c1cccc(OC)c1. The van der Waals surface area contributed by atoms with E-state index in [1.807, 2.05) is 24.3 Å². The first-order valence-corrected chi connectivity index (χ1v) is 11.8. The third-order valence-electron chi connectivity index (χ3n) is 4.90. The smallest absolute Gasteiger partial charge is 0.413 e. The van der Waals surface area contributed by atoms with Crippen LogP contribution < -0.4 is 15.0 Å². The number of methoxy groups -OCH3 is 1. The summed E-state index contributed by atoms with van der Waals surface area (Å²) >= 11 is 1.05. The summed E-state index contributed by atoms with van der Waals surface area (Å²) in [6.45, 7) is 6.04. The molecule has 0 fully saturated rings. The zero-order chi connectivity index (χ0) is 24.7. The summed E-state index contributed by atoms with van der Waals surface area (Å²) in [5.41, 5.74) is 2.84. The first-order chi connectivity index (χ1) is 16.3. The van der Waals surface area contributed by atoms with Crippen LogP contribution in [0.4, 0.5) is 10.5 Å². The lowest BCUT2D eigenvalue weighted by Gasteiger charge is -2.18. The lowest BCUT2D eigenvalue weighted by molar-refractivity contribution is -0.118. The van der Waals surface area contributed by atoms with Crippen LogP contribution in [0.25, 0.3) is 6.08 Å². The second-order valence-corrected chi connectivity index (χ2v) is 8.59. The number of aliphatic imine (C=N–C) groups is 1. The highest BCUT2D eigenvalue weighted by Gasteiger charge is 2.32. The predicted octanol–water partition coefficient (Wildman–Crippen LogP) is 4.57. The first kappa shape index (κ1) is 25.0. The molecule has 3 amide bonds. The first-order valence-electron chi connectivity index (χ1n) is 10.8. The normalized spacial score (nSPS) is 14.4. The number of amides is 3. The van der Waals surface area contributed by atoms with E-state index in [-0.39, 0.29) is 24.0 Å². The van der Waals surface area contributed by atoms with E-state index in [0.29, 0.717) is 22.5 Å². The van der Waals surface area contributed by atoms with Gasteiger partial charge in [0.2, 0.25) is 5.91 Å². The van der Waals surface area contributed by atoms with Crippen LogP contribution in [0, 0.1) is 0 Å². The molecule has 0 saturated heterocycles. The van der Waals surface area contributed by atoms with Crippen LogP contribution in [0.2, 0.25) is 0 Å². The number of nitrogens with one attached hydrogen (secondary N) is 1. The van der Waals surface area contributed by atoms with E-state index in [1.165, 1.54) is 10.5 Å². The van der Waals surface area contributed by atoms with Crippen LogP contribution in [0.3, 0.4) is 0 Å². The number of amidine groups is 1. The molecule has 0 atom stereocenters. The number of rotatable bonds is 7. The average molecular weight is 482 g/mol. The molecule has 1 N–H and O–H groups in total. The Morgan fingerprint density at radius 3 is 2.56 bits per heavy atom. The fourth-order valence-corrected chi connectivity index (χ4v) is 3.97. The second kappa shape index (κ2) is 11.5. The molecule has 0 aromatic heterocycles. The fraction of sp³-hybridized carbons (Fsp3) is 0.280. The Labute approximate surface area is 203 Å². The molecule has 0 spiro atoms. The molecule has 0 radical (unpaired) electrons. The largest absolute Gasteiger partial charge is 0.497 e. The Hall–Kier alpha value is -3.59. The molecule has 1 heterocycles.